The first-order chi connectivity index (χ1) is 13.8. The minimum Gasteiger partial charge on any atom is -0.488 e. The number of hydrogen-bond acceptors (Lipinski definition) is 6. The number of ether oxygens (including phenoxy) is 1. The van der Waals surface area contributed by atoms with Crippen molar-refractivity contribution in [1.82, 2.24) is 25.2 Å². The van der Waals surface area contributed by atoms with E-state index in [-0.39, 0.29) is 13.0 Å². The summed E-state index contributed by atoms with van der Waals surface area (Å²) in [5.41, 5.74) is 4.14. The van der Waals surface area contributed by atoms with Crippen molar-refractivity contribution in [3.05, 3.63) is 45.7 Å². The van der Waals surface area contributed by atoms with Crippen molar-refractivity contribution in [3.63, 3.8) is 0 Å². The van der Waals surface area contributed by atoms with Crippen molar-refractivity contribution in [2.45, 2.75) is 38.8 Å². The lowest BCUT2D eigenvalue weighted by molar-refractivity contribution is -0.0301. The maximum Gasteiger partial charge on any atom is 0.262 e. The molecule has 0 aromatic carbocycles. The highest BCUT2D eigenvalue weighted by molar-refractivity contribution is 7.09. The van der Waals surface area contributed by atoms with Gasteiger partial charge >= 0.3 is 0 Å². The van der Waals surface area contributed by atoms with Crippen molar-refractivity contribution in [1.29, 1.82) is 0 Å². The molecule has 1 atom stereocenters. The molecule has 2 N–H and O–H groups in total. The zero-order chi connectivity index (χ0) is 20.6. The van der Waals surface area contributed by atoms with Crippen LogP contribution in [-0.4, -0.2) is 45.6 Å². The van der Waals surface area contributed by atoms with E-state index in [1.165, 1.54) is 11.3 Å². The maximum atomic E-state index is 13.6. The number of pyridine rings is 1. The van der Waals surface area contributed by atoms with Crippen molar-refractivity contribution in [2.75, 3.05) is 13.1 Å². The molecular formula is C19H21F2N5O2S. The number of piperidine rings is 1. The fourth-order valence-corrected chi connectivity index (χ4v) is 4.11. The Morgan fingerprint density at radius 2 is 2.28 bits per heavy atom. The smallest absolute Gasteiger partial charge is 0.262 e. The number of nitrogens with zero attached hydrogens (tertiary/aromatic N) is 3. The second-order valence-electron chi connectivity index (χ2n) is 7.16. The number of hydrogen-bond donors (Lipinski definition) is 2. The summed E-state index contributed by atoms with van der Waals surface area (Å²) in [7, 11) is 0. The van der Waals surface area contributed by atoms with Gasteiger partial charge in [0, 0.05) is 31.3 Å². The molecule has 1 aliphatic heterocycles. The molecule has 1 saturated heterocycles. The maximum absolute atomic E-state index is 13.6. The number of thiazole rings is 1. The van der Waals surface area contributed by atoms with Crippen LogP contribution in [0, 0.1) is 13.8 Å². The molecular weight excluding hydrogens is 400 g/mol. The number of aryl methyl sites for hydroxylation is 2. The average molecular weight is 421 g/mol. The van der Waals surface area contributed by atoms with Gasteiger partial charge in [0.15, 0.2) is 0 Å². The van der Waals surface area contributed by atoms with Crippen LogP contribution < -0.4 is 15.4 Å². The average Bonchev–Trinajstić information content (AvgIpc) is 3.20. The van der Waals surface area contributed by atoms with Gasteiger partial charge in [-0.05, 0) is 19.9 Å². The Morgan fingerprint density at radius 3 is 3.00 bits per heavy atom. The number of halogens is 2. The van der Waals surface area contributed by atoms with Crippen molar-refractivity contribution in [3.8, 4) is 5.75 Å². The summed E-state index contributed by atoms with van der Waals surface area (Å²) < 4.78 is 34.7. The van der Waals surface area contributed by atoms with E-state index in [1.54, 1.807) is 35.3 Å². The largest absolute Gasteiger partial charge is 0.488 e. The molecule has 0 saturated carbocycles. The lowest BCUT2D eigenvalue weighted by Crippen LogP contribution is -2.53. The normalized spacial score (nSPS) is 18.7. The second kappa shape index (κ2) is 7.68. The molecule has 1 aliphatic rings. The van der Waals surface area contributed by atoms with Crippen LogP contribution in [0.5, 0.6) is 5.75 Å². The number of carbonyl (C=O) groups excluding carboxylic acids is 1. The molecule has 0 aliphatic carbocycles. The number of amides is 1. The number of fused-ring (bicyclic) bond motifs is 1. The molecule has 1 amide bonds. The Balaban J connectivity index is 1.54. The van der Waals surface area contributed by atoms with Crippen LogP contribution in [0.4, 0.5) is 8.78 Å². The van der Waals surface area contributed by atoms with Gasteiger partial charge in [-0.3, -0.25) is 4.79 Å². The predicted octanol–water partition coefficient (Wildman–Crippen LogP) is 2.71. The van der Waals surface area contributed by atoms with Crippen LogP contribution >= 0.6 is 11.3 Å². The molecule has 10 heteroatoms. The zero-order valence-electron chi connectivity index (χ0n) is 16.0. The van der Waals surface area contributed by atoms with E-state index in [9.17, 15) is 13.6 Å². The highest BCUT2D eigenvalue weighted by Crippen LogP contribution is 2.25. The summed E-state index contributed by atoms with van der Waals surface area (Å²) in [4.78, 5) is 18.1. The van der Waals surface area contributed by atoms with Gasteiger partial charge in [-0.2, -0.15) is 5.10 Å². The third-order valence-corrected chi connectivity index (χ3v) is 5.79. The molecule has 1 unspecified atom stereocenters. The molecule has 3 aromatic rings. The first-order valence-electron chi connectivity index (χ1n) is 9.22. The van der Waals surface area contributed by atoms with E-state index in [0.717, 1.165) is 10.6 Å². The fraction of sp³-hybridized carbons (Fsp3) is 0.421. The molecule has 7 nitrogen and oxygen atoms in total. The summed E-state index contributed by atoms with van der Waals surface area (Å²) in [6, 6.07) is 2.86. The van der Waals surface area contributed by atoms with Crippen molar-refractivity contribution < 1.29 is 18.3 Å². The molecule has 4 heterocycles. The molecule has 3 aromatic heterocycles. The number of aromatic nitrogens is 3. The van der Waals surface area contributed by atoms with Crippen molar-refractivity contribution >= 4 is 22.8 Å². The number of nitrogens with one attached hydrogen (secondary N) is 2. The highest BCUT2D eigenvalue weighted by Gasteiger charge is 2.37. The van der Waals surface area contributed by atoms with Gasteiger partial charge in [0.05, 0.1) is 39.4 Å². The van der Waals surface area contributed by atoms with Gasteiger partial charge in [0.1, 0.15) is 12.4 Å². The summed E-state index contributed by atoms with van der Waals surface area (Å²) in [6.45, 7) is 3.96. The second-order valence-corrected chi connectivity index (χ2v) is 8.10. The summed E-state index contributed by atoms with van der Waals surface area (Å²) >= 11 is 1.52. The summed E-state index contributed by atoms with van der Waals surface area (Å²) in [6.07, 6.45) is 1.33. The molecule has 0 spiro atoms. The summed E-state index contributed by atoms with van der Waals surface area (Å²) in [5, 5.41) is 9.72. The van der Waals surface area contributed by atoms with Crippen LogP contribution in [0.1, 0.15) is 33.0 Å². The molecule has 4 rings (SSSR count). The van der Waals surface area contributed by atoms with Gasteiger partial charge in [-0.1, -0.05) is 0 Å². The van der Waals surface area contributed by atoms with Gasteiger partial charge in [-0.15, -0.1) is 11.3 Å². The molecule has 154 valence electrons. The van der Waals surface area contributed by atoms with E-state index in [0.29, 0.717) is 35.7 Å². The first kappa shape index (κ1) is 19.7. The van der Waals surface area contributed by atoms with Crippen LogP contribution in [0.15, 0.2) is 23.8 Å². The van der Waals surface area contributed by atoms with E-state index in [1.807, 2.05) is 6.92 Å². The van der Waals surface area contributed by atoms with Gasteiger partial charge in [-0.25, -0.2) is 18.3 Å². The SMILES string of the molecule is Cc1ncsc1COc1ccn2nc(C)c(C(=O)NC3CNCC(F)(F)C3)c2c1. The lowest BCUT2D eigenvalue weighted by Gasteiger charge is -2.30. The fourth-order valence-electron chi connectivity index (χ4n) is 3.42. The Kier molecular flexibility index (Phi) is 5.22. The van der Waals surface area contributed by atoms with E-state index < -0.39 is 17.9 Å². The van der Waals surface area contributed by atoms with Crippen LogP contribution in [0.2, 0.25) is 0 Å². The minimum atomic E-state index is -2.83. The predicted molar refractivity (Wildman–Crippen MR) is 105 cm³/mol. The number of rotatable bonds is 5. The zero-order valence-corrected chi connectivity index (χ0v) is 16.9. The summed E-state index contributed by atoms with van der Waals surface area (Å²) in [5.74, 6) is -2.66. The van der Waals surface area contributed by atoms with Crippen molar-refractivity contribution in [2.24, 2.45) is 0 Å². The van der Waals surface area contributed by atoms with Gasteiger partial charge in [0.2, 0.25) is 0 Å². The lowest BCUT2D eigenvalue weighted by atomic mass is 10.0. The number of carbonyl (C=O) groups is 1. The molecule has 0 radical (unpaired) electrons. The van der Waals surface area contributed by atoms with E-state index in [4.69, 9.17) is 4.74 Å². The van der Waals surface area contributed by atoms with Gasteiger partial charge < -0.3 is 15.4 Å². The molecule has 29 heavy (non-hydrogen) atoms. The van der Waals surface area contributed by atoms with E-state index in [2.05, 4.69) is 20.7 Å². The van der Waals surface area contributed by atoms with Crippen LogP contribution in [-0.2, 0) is 6.61 Å². The third kappa shape index (κ3) is 4.23. The quantitative estimate of drug-likeness (QED) is 0.662. The molecule has 1 fully saturated rings. The first-order valence-corrected chi connectivity index (χ1v) is 10.1. The van der Waals surface area contributed by atoms with Gasteiger partial charge in [0.25, 0.3) is 11.8 Å². The Hall–Kier alpha value is -2.59. The minimum absolute atomic E-state index is 0.308. The topological polar surface area (TPSA) is 80.5 Å². The van der Waals surface area contributed by atoms with Crippen LogP contribution in [0.25, 0.3) is 5.52 Å². The number of alkyl halides is 2. The Labute approximate surface area is 170 Å². The third-order valence-electron chi connectivity index (χ3n) is 4.88. The monoisotopic (exact) mass is 421 g/mol. The highest BCUT2D eigenvalue weighted by atomic mass is 32.1. The molecule has 0 bridgehead atoms. The Morgan fingerprint density at radius 1 is 1.45 bits per heavy atom. The van der Waals surface area contributed by atoms with Crippen LogP contribution in [0.3, 0.4) is 0 Å². The standard InChI is InChI=1S/C19H21F2N5O2S/c1-11-16(29-10-23-11)8-28-14-3-4-26-15(5-14)17(12(2)25-26)18(27)24-13-6-19(20,21)9-22-7-13/h3-5,10,13,22H,6-9H2,1-2H3,(H,24,27). The van der Waals surface area contributed by atoms with E-state index >= 15 is 0 Å². The Bertz CT molecular complexity index is 1050.